The minimum atomic E-state index is -0.711. The Morgan fingerprint density at radius 1 is 1.14 bits per heavy atom. The lowest BCUT2D eigenvalue weighted by atomic mass is 9.93. The summed E-state index contributed by atoms with van der Waals surface area (Å²) in [5.41, 5.74) is 0. The molecule has 0 bridgehead atoms. The van der Waals surface area contributed by atoms with Gasteiger partial charge in [0, 0.05) is 18.9 Å². The third-order valence-electron chi connectivity index (χ3n) is 4.86. The van der Waals surface area contributed by atoms with Gasteiger partial charge in [-0.1, -0.05) is 25.0 Å². The molecule has 126 valence electrons. The molecule has 1 N–H and O–H groups in total. The molecule has 0 aromatic carbocycles. The van der Waals surface area contributed by atoms with Crippen molar-refractivity contribution in [1.29, 1.82) is 0 Å². The number of carbonyl (C=O) groups is 1. The second kappa shape index (κ2) is 10.0. The van der Waals surface area contributed by atoms with Crippen molar-refractivity contribution >= 4 is 5.97 Å². The molecule has 1 saturated heterocycles. The molecule has 1 aliphatic heterocycles. The van der Waals surface area contributed by atoms with Crippen LogP contribution < -0.4 is 0 Å². The lowest BCUT2D eigenvalue weighted by molar-refractivity contribution is -0.137. The van der Waals surface area contributed by atoms with Crippen LogP contribution in [0.1, 0.15) is 51.4 Å². The molecule has 1 aliphatic carbocycles. The van der Waals surface area contributed by atoms with Gasteiger partial charge in [0.25, 0.3) is 0 Å². The number of rotatable bonds is 10. The smallest absolute Gasteiger partial charge is 0.303 e. The van der Waals surface area contributed by atoms with Gasteiger partial charge in [-0.25, -0.2) is 0 Å². The van der Waals surface area contributed by atoms with Gasteiger partial charge >= 0.3 is 5.97 Å². The first-order valence-corrected chi connectivity index (χ1v) is 8.78. The second-order valence-electron chi connectivity index (χ2n) is 6.74. The SMILES string of the molecule is O=C(O)CCCC=CC[C@H]1COC[C@H]1COCC1CCCC1. The van der Waals surface area contributed by atoms with Gasteiger partial charge in [0.15, 0.2) is 0 Å². The van der Waals surface area contributed by atoms with E-state index in [0.29, 0.717) is 11.8 Å². The lowest BCUT2D eigenvalue weighted by Gasteiger charge is -2.17. The van der Waals surface area contributed by atoms with Crippen molar-refractivity contribution in [2.75, 3.05) is 26.4 Å². The summed E-state index contributed by atoms with van der Waals surface area (Å²) >= 11 is 0. The van der Waals surface area contributed by atoms with Crippen LogP contribution in [0.25, 0.3) is 0 Å². The third-order valence-corrected chi connectivity index (χ3v) is 4.86. The van der Waals surface area contributed by atoms with Crippen LogP contribution in [-0.4, -0.2) is 37.5 Å². The molecule has 0 spiro atoms. The van der Waals surface area contributed by atoms with E-state index in [1.54, 1.807) is 0 Å². The summed E-state index contributed by atoms with van der Waals surface area (Å²) in [6.07, 6.45) is 12.6. The number of unbranched alkanes of at least 4 members (excludes halogenated alkanes) is 1. The predicted octanol–water partition coefficient (Wildman–Crippen LogP) is 3.66. The van der Waals surface area contributed by atoms with E-state index in [1.807, 2.05) is 0 Å². The maximum Gasteiger partial charge on any atom is 0.303 e. The molecule has 4 nitrogen and oxygen atoms in total. The van der Waals surface area contributed by atoms with Crippen molar-refractivity contribution in [3.8, 4) is 0 Å². The minimum absolute atomic E-state index is 0.258. The van der Waals surface area contributed by atoms with Crippen molar-refractivity contribution in [1.82, 2.24) is 0 Å². The van der Waals surface area contributed by atoms with Gasteiger partial charge in [-0.05, 0) is 43.9 Å². The van der Waals surface area contributed by atoms with Crippen LogP contribution in [0.5, 0.6) is 0 Å². The summed E-state index contributed by atoms with van der Waals surface area (Å²) < 4.78 is 11.5. The number of hydrogen-bond donors (Lipinski definition) is 1. The van der Waals surface area contributed by atoms with Crippen LogP contribution in [0.4, 0.5) is 0 Å². The summed E-state index contributed by atoms with van der Waals surface area (Å²) in [7, 11) is 0. The zero-order valence-electron chi connectivity index (χ0n) is 13.5. The van der Waals surface area contributed by atoms with E-state index in [2.05, 4.69) is 12.2 Å². The molecule has 2 aliphatic rings. The monoisotopic (exact) mass is 310 g/mol. The molecule has 0 radical (unpaired) electrons. The van der Waals surface area contributed by atoms with Gasteiger partial charge in [0.2, 0.25) is 0 Å². The molecule has 0 amide bonds. The summed E-state index contributed by atoms with van der Waals surface area (Å²) in [6.45, 7) is 3.40. The first-order chi connectivity index (χ1) is 10.8. The fourth-order valence-corrected chi connectivity index (χ4v) is 3.41. The van der Waals surface area contributed by atoms with Gasteiger partial charge in [0.05, 0.1) is 19.8 Å². The van der Waals surface area contributed by atoms with Crippen molar-refractivity contribution in [2.45, 2.75) is 51.4 Å². The van der Waals surface area contributed by atoms with E-state index in [0.717, 1.165) is 51.6 Å². The summed E-state index contributed by atoms with van der Waals surface area (Å²) in [6, 6.07) is 0. The Hall–Kier alpha value is -0.870. The van der Waals surface area contributed by atoms with Crippen LogP contribution in [0.15, 0.2) is 12.2 Å². The molecule has 0 aromatic heterocycles. The first-order valence-electron chi connectivity index (χ1n) is 8.78. The number of carboxylic acids is 1. The Kier molecular flexibility index (Phi) is 7.95. The molecule has 2 fully saturated rings. The summed E-state index contributed by atoms with van der Waals surface area (Å²) in [5, 5.41) is 8.58. The maximum absolute atomic E-state index is 10.4. The van der Waals surface area contributed by atoms with Crippen LogP contribution >= 0.6 is 0 Å². The molecular formula is C18H30O4. The second-order valence-corrected chi connectivity index (χ2v) is 6.74. The van der Waals surface area contributed by atoms with E-state index in [1.165, 1.54) is 25.7 Å². The average molecular weight is 310 g/mol. The molecule has 1 saturated carbocycles. The minimum Gasteiger partial charge on any atom is -0.481 e. The van der Waals surface area contributed by atoms with Crippen LogP contribution in [-0.2, 0) is 14.3 Å². The molecule has 2 rings (SSSR count). The topological polar surface area (TPSA) is 55.8 Å². The molecule has 4 heteroatoms. The molecule has 0 aromatic rings. The maximum atomic E-state index is 10.4. The highest BCUT2D eigenvalue weighted by Crippen LogP contribution is 2.27. The largest absolute Gasteiger partial charge is 0.481 e. The Morgan fingerprint density at radius 3 is 2.68 bits per heavy atom. The highest BCUT2D eigenvalue weighted by atomic mass is 16.5. The van der Waals surface area contributed by atoms with E-state index < -0.39 is 5.97 Å². The Morgan fingerprint density at radius 2 is 1.91 bits per heavy atom. The quantitative estimate of drug-likeness (QED) is 0.494. The number of ether oxygens (including phenoxy) is 2. The van der Waals surface area contributed by atoms with Crippen molar-refractivity contribution in [3.63, 3.8) is 0 Å². The lowest BCUT2D eigenvalue weighted by Crippen LogP contribution is -2.20. The first kappa shape index (κ1) is 17.5. The number of carboxylic acid groups (broad SMARTS) is 1. The molecule has 22 heavy (non-hydrogen) atoms. The fourth-order valence-electron chi connectivity index (χ4n) is 3.41. The predicted molar refractivity (Wildman–Crippen MR) is 85.8 cm³/mol. The van der Waals surface area contributed by atoms with E-state index in [4.69, 9.17) is 14.6 Å². The van der Waals surface area contributed by atoms with Crippen LogP contribution in [0, 0.1) is 17.8 Å². The molecular weight excluding hydrogens is 280 g/mol. The van der Waals surface area contributed by atoms with Crippen molar-refractivity contribution < 1.29 is 19.4 Å². The van der Waals surface area contributed by atoms with Gasteiger partial charge < -0.3 is 14.6 Å². The number of allylic oxidation sites excluding steroid dienone is 2. The zero-order chi connectivity index (χ0) is 15.6. The van der Waals surface area contributed by atoms with Crippen molar-refractivity contribution in [3.05, 3.63) is 12.2 Å². The van der Waals surface area contributed by atoms with Crippen LogP contribution in [0.2, 0.25) is 0 Å². The van der Waals surface area contributed by atoms with Gasteiger partial charge in [-0.2, -0.15) is 0 Å². The highest BCUT2D eigenvalue weighted by Gasteiger charge is 2.27. The van der Waals surface area contributed by atoms with Gasteiger partial charge in [0.1, 0.15) is 0 Å². The van der Waals surface area contributed by atoms with Crippen molar-refractivity contribution in [2.24, 2.45) is 17.8 Å². The fraction of sp³-hybridized carbons (Fsp3) is 0.833. The normalized spacial score (nSPS) is 26.2. The summed E-state index contributed by atoms with van der Waals surface area (Å²) in [4.78, 5) is 10.4. The van der Waals surface area contributed by atoms with Gasteiger partial charge in [-0.3, -0.25) is 4.79 Å². The number of aliphatic carboxylic acids is 1. The average Bonchev–Trinajstić information content (AvgIpc) is 3.14. The third kappa shape index (κ3) is 6.49. The van der Waals surface area contributed by atoms with E-state index in [9.17, 15) is 4.79 Å². The Labute approximate surface area is 133 Å². The van der Waals surface area contributed by atoms with E-state index in [-0.39, 0.29) is 6.42 Å². The highest BCUT2D eigenvalue weighted by molar-refractivity contribution is 5.66. The van der Waals surface area contributed by atoms with E-state index >= 15 is 0 Å². The Bertz CT molecular complexity index is 347. The molecule has 0 unspecified atom stereocenters. The van der Waals surface area contributed by atoms with Gasteiger partial charge in [-0.15, -0.1) is 0 Å². The van der Waals surface area contributed by atoms with Crippen LogP contribution in [0.3, 0.4) is 0 Å². The number of hydrogen-bond acceptors (Lipinski definition) is 3. The summed E-state index contributed by atoms with van der Waals surface area (Å²) in [5.74, 6) is 1.15. The molecule has 1 heterocycles. The molecule has 2 atom stereocenters. The zero-order valence-corrected chi connectivity index (χ0v) is 13.5. The standard InChI is InChI=1S/C18H30O4/c19-18(20)10-4-2-1-3-9-16-12-22-14-17(16)13-21-11-15-7-5-6-8-15/h1,3,15-17H,2,4-14H2,(H,19,20)/t16-,17+/m0/s1. The Balaban J connectivity index is 1.56.